The van der Waals surface area contributed by atoms with Gasteiger partial charge >= 0.3 is 0 Å². The molecule has 1 atom stereocenters. The van der Waals surface area contributed by atoms with Crippen LogP contribution >= 0.6 is 23.1 Å². The molecule has 2 fully saturated rings. The van der Waals surface area contributed by atoms with Crippen LogP contribution in [0.25, 0.3) is 10.8 Å². The lowest BCUT2D eigenvalue weighted by molar-refractivity contribution is -0.134. The van der Waals surface area contributed by atoms with E-state index in [1.807, 2.05) is 25.1 Å². The first kappa shape index (κ1) is 45.0. The maximum Gasteiger partial charge on any atom is 0.234 e. The van der Waals surface area contributed by atoms with Crippen molar-refractivity contribution in [1.29, 1.82) is 0 Å². The molecular formula is C45H53BrF2N9O4P. The van der Waals surface area contributed by atoms with Gasteiger partial charge < -0.3 is 35.5 Å². The molecule has 62 heavy (non-hydrogen) atoms. The largest absolute Gasteiger partial charge is 0.494 e. The number of anilines is 5. The minimum absolute atomic E-state index is 0.0565. The number of ether oxygens (including phenoxy) is 1. The van der Waals surface area contributed by atoms with E-state index in [2.05, 4.69) is 76.4 Å². The third-order valence-electron chi connectivity index (χ3n) is 11.5. The van der Waals surface area contributed by atoms with Crippen molar-refractivity contribution in [3.63, 3.8) is 0 Å². The average molecular weight is 933 g/mol. The topological polar surface area (TPSA) is 162 Å². The van der Waals surface area contributed by atoms with Crippen LogP contribution in [0, 0.1) is 18.6 Å². The SMILES string of the molecule is CCc1cc(Nc2ncc(Br)c(Nc3ccc4cc(C)ncc4c3P(C)(C)=O)n2)c(OC)cc1N1CCC(NCCNCCc2cc(F)c(C3CCC(=O)NC3=O)c(F)c2)CC1. The van der Waals surface area contributed by atoms with E-state index >= 15 is 0 Å². The second-order valence-electron chi connectivity index (χ2n) is 16.2. The number of piperidine rings is 2. The van der Waals surface area contributed by atoms with Gasteiger partial charge in [0.05, 0.1) is 28.9 Å². The number of benzene rings is 3. The Morgan fingerprint density at radius 3 is 2.40 bits per heavy atom. The summed E-state index contributed by atoms with van der Waals surface area (Å²) in [5, 5.41) is 18.5. The third kappa shape index (κ3) is 10.4. The van der Waals surface area contributed by atoms with E-state index < -0.39 is 36.5 Å². The highest BCUT2D eigenvalue weighted by Gasteiger charge is 2.32. The number of carbonyl (C=O) groups is 2. The average Bonchev–Trinajstić information content (AvgIpc) is 3.23. The molecule has 2 aliphatic rings. The summed E-state index contributed by atoms with van der Waals surface area (Å²) in [4.78, 5) is 39.9. The normalized spacial score (nSPS) is 16.1. The molecule has 5 aromatic rings. The molecule has 3 aromatic carbocycles. The molecule has 2 amide bonds. The van der Waals surface area contributed by atoms with Crippen molar-refractivity contribution >= 4 is 79.8 Å². The van der Waals surface area contributed by atoms with Crippen LogP contribution in [0.15, 0.2) is 59.3 Å². The van der Waals surface area contributed by atoms with Crippen LogP contribution in [-0.4, -0.2) is 86.0 Å². The van der Waals surface area contributed by atoms with E-state index in [0.717, 1.165) is 72.3 Å². The first-order valence-corrected chi connectivity index (χ1v) is 24.3. The molecule has 13 nitrogen and oxygen atoms in total. The summed E-state index contributed by atoms with van der Waals surface area (Å²) in [7, 11) is -1.09. The molecule has 0 radical (unpaired) electrons. The Labute approximate surface area is 369 Å². The molecule has 328 valence electrons. The Bertz CT molecular complexity index is 2510. The first-order valence-electron chi connectivity index (χ1n) is 20.9. The fourth-order valence-electron chi connectivity index (χ4n) is 8.35. The monoisotopic (exact) mass is 931 g/mol. The van der Waals surface area contributed by atoms with Crippen molar-refractivity contribution in [3.8, 4) is 5.75 Å². The minimum atomic E-state index is -2.74. The molecule has 2 aliphatic heterocycles. The number of aromatic nitrogens is 3. The van der Waals surface area contributed by atoms with Crippen molar-refractivity contribution in [2.24, 2.45) is 0 Å². The zero-order valence-electron chi connectivity index (χ0n) is 35.6. The van der Waals surface area contributed by atoms with Gasteiger partial charge in [0.1, 0.15) is 30.3 Å². The highest BCUT2D eigenvalue weighted by atomic mass is 79.9. The van der Waals surface area contributed by atoms with Crippen LogP contribution in [0.4, 0.5) is 37.6 Å². The Balaban J connectivity index is 0.921. The number of imide groups is 1. The molecule has 17 heteroatoms. The molecule has 7 rings (SSSR count). The lowest BCUT2D eigenvalue weighted by Gasteiger charge is -2.35. The van der Waals surface area contributed by atoms with E-state index in [0.29, 0.717) is 64.1 Å². The fourth-order valence-corrected chi connectivity index (χ4v) is 10.1. The van der Waals surface area contributed by atoms with Gasteiger partial charge in [0.2, 0.25) is 17.8 Å². The number of amides is 2. The molecule has 0 bridgehead atoms. The number of hydrogen-bond donors (Lipinski definition) is 5. The smallest absolute Gasteiger partial charge is 0.234 e. The van der Waals surface area contributed by atoms with Gasteiger partial charge in [-0.15, -0.1) is 0 Å². The number of aryl methyl sites for hydroxylation is 2. The zero-order chi connectivity index (χ0) is 44.1. The van der Waals surface area contributed by atoms with Gasteiger partial charge in [0, 0.05) is 84.7 Å². The summed E-state index contributed by atoms with van der Waals surface area (Å²) in [5.41, 5.74) is 4.84. The van der Waals surface area contributed by atoms with E-state index in [9.17, 15) is 22.9 Å². The Kier molecular flexibility index (Phi) is 14.2. The minimum Gasteiger partial charge on any atom is -0.494 e. The van der Waals surface area contributed by atoms with Crippen LogP contribution in [-0.2, 0) is 27.0 Å². The molecular weight excluding hydrogens is 879 g/mol. The van der Waals surface area contributed by atoms with E-state index in [1.165, 1.54) is 12.1 Å². The Hall–Kier alpha value is -5.02. The van der Waals surface area contributed by atoms with Crippen molar-refractivity contribution in [2.75, 3.05) is 68.7 Å². The number of nitrogens with one attached hydrogen (secondary N) is 5. The summed E-state index contributed by atoms with van der Waals surface area (Å²) in [6.45, 7) is 11.3. The summed E-state index contributed by atoms with van der Waals surface area (Å²) in [5.74, 6) is -2.06. The van der Waals surface area contributed by atoms with Gasteiger partial charge in [-0.2, -0.15) is 4.98 Å². The molecule has 2 aromatic heterocycles. The van der Waals surface area contributed by atoms with Crippen LogP contribution in [0.5, 0.6) is 5.75 Å². The molecule has 2 saturated heterocycles. The number of methoxy groups -OCH3 is 1. The van der Waals surface area contributed by atoms with E-state index in [-0.39, 0.29) is 18.4 Å². The van der Waals surface area contributed by atoms with Crippen molar-refractivity contribution in [3.05, 3.63) is 93.3 Å². The number of hydrogen-bond acceptors (Lipinski definition) is 12. The standard InChI is InChI=1S/C45H53BrF2N9O4P/c1-6-28-22-37(54-45-52-25-33(46)43(56-45)53-36-9-7-29-19-26(2)51-24-32(29)42(36)62(4,5)60)39(61-3)23-38(28)57-17-12-30(13-18-57)50-16-15-49-14-11-27-20-34(47)41(35(48)21-27)31-8-10-40(58)55-44(31)59/h7,9,19-25,30-31,49-50H,6,8,10-18H2,1-5H3,(H,55,58,59)(H2,52,53,54,56). The first-order chi connectivity index (χ1) is 29.7. The number of carbonyl (C=O) groups excluding carboxylic acids is 2. The number of halogens is 3. The molecule has 1 unspecified atom stereocenters. The van der Waals surface area contributed by atoms with Crippen LogP contribution in [0.3, 0.4) is 0 Å². The lowest BCUT2D eigenvalue weighted by Crippen LogP contribution is -2.44. The predicted molar refractivity (Wildman–Crippen MR) is 246 cm³/mol. The maximum atomic E-state index is 14.9. The Morgan fingerprint density at radius 1 is 0.952 bits per heavy atom. The van der Waals surface area contributed by atoms with Gasteiger partial charge in [0.15, 0.2) is 0 Å². The van der Waals surface area contributed by atoms with E-state index in [4.69, 9.17) is 9.72 Å². The van der Waals surface area contributed by atoms with Crippen molar-refractivity contribution in [2.45, 2.75) is 64.3 Å². The lowest BCUT2D eigenvalue weighted by atomic mass is 9.89. The van der Waals surface area contributed by atoms with Crippen LogP contribution < -0.4 is 41.5 Å². The number of pyridine rings is 1. The van der Waals surface area contributed by atoms with Crippen molar-refractivity contribution in [1.82, 2.24) is 30.9 Å². The molecule has 0 aliphatic carbocycles. The highest BCUT2D eigenvalue weighted by molar-refractivity contribution is 9.10. The van der Waals surface area contributed by atoms with Gasteiger partial charge in [-0.05, 0) is 122 Å². The predicted octanol–water partition coefficient (Wildman–Crippen LogP) is 7.59. The zero-order valence-corrected chi connectivity index (χ0v) is 38.1. The van der Waals surface area contributed by atoms with Gasteiger partial charge in [-0.3, -0.25) is 19.9 Å². The number of rotatable bonds is 16. The third-order valence-corrected chi connectivity index (χ3v) is 13.6. The van der Waals surface area contributed by atoms with Crippen LogP contribution in [0.1, 0.15) is 60.9 Å². The summed E-state index contributed by atoms with van der Waals surface area (Å²) < 4.78 is 50.0. The number of nitrogens with zero attached hydrogens (tertiary/aromatic N) is 4. The maximum absolute atomic E-state index is 14.9. The van der Waals surface area contributed by atoms with E-state index in [1.54, 1.807) is 32.8 Å². The molecule has 4 heterocycles. The fraction of sp³-hybridized carbons (Fsp3) is 0.400. The molecule has 0 saturated carbocycles. The molecule has 0 spiro atoms. The van der Waals surface area contributed by atoms with Gasteiger partial charge in [-0.25, -0.2) is 13.8 Å². The Morgan fingerprint density at radius 2 is 1.71 bits per heavy atom. The second-order valence-corrected chi connectivity index (χ2v) is 20.2. The summed E-state index contributed by atoms with van der Waals surface area (Å²) >= 11 is 3.60. The summed E-state index contributed by atoms with van der Waals surface area (Å²) in [6, 6.07) is 13.0. The quantitative estimate of drug-likeness (QED) is 0.0375. The summed E-state index contributed by atoms with van der Waals surface area (Å²) in [6.07, 6.45) is 6.78. The van der Waals surface area contributed by atoms with Gasteiger partial charge in [0.25, 0.3) is 0 Å². The van der Waals surface area contributed by atoms with Gasteiger partial charge in [-0.1, -0.05) is 13.0 Å². The van der Waals surface area contributed by atoms with Crippen LogP contribution in [0.2, 0.25) is 0 Å². The second kappa shape index (κ2) is 19.6. The molecule has 5 N–H and O–H groups in total. The highest BCUT2D eigenvalue weighted by Crippen LogP contribution is 2.42. The number of fused-ring (bicyclic) bond motifs is 1. The van der Waals surface area contributed by atoms with Crippen molar-refractivity contribution < 1.29 is 27.7 Å².